The maximum atomic E-state index is 5.79. The number of hydrogen-bond acceptors (Lipinski definition) is 7. The standard InChI is InChI=1S/C27H28N4O3S/c1-5-33-21-13-11-20(12-14-21)29-26(27-30-22-8-6-7-9-25(22)35-27)31-28-17-19-10-15-23(34-18(2)3)24(16-19)32-4/h6-18H,5H2,1-4H3,(H,29,31)/b28-17+. The van der Waals surface area contributed by atoms with Crippen molar-refractivity contribution in [2.24, 2.45) is 10.1 Å². The topological polar surface area (TPSA) is 77.3 Å². The molecule has 0 fully saturated rings. The predicted octanol–water partition coefficient (Wildman–Crippen LogP) is 6.19. The van der Waals surface area contributed by atoms with E-state index < -0.39 is 0 Å². The Bertz CT molecular complexity index is 1300. The molecular weight excluding hydrogens is 460 g/mol. The zero-order valence-electron chi connectivity index (χ0n) is 20.2. The van der Waals surface area contributed by atoms with E-state index in [1.54, 1.807) is 24.7 Å². The highest BCUT2D eigenvalue weighted by Crippen LogP contribution is 2.28. The molecule has 0 unspecified atom stereocenters. The van der Waals surface area contributed by atoms with E-state index in [-0.39, 0.29) is 6.10 Å². The van der Waals surface area contributed by atoms with Crippen LogP contribution in [0.25, 0.3) is 10.2 Å². The van der Waals surface area contributed by atoms with Crippen LogP contribution in [0.2, 0.25) is 0 Å². The molecule has 0 saturated heterocycles. The van der Waals surface area contributed by atoms with E-state index in [1.165, 1.54) is 0 Å². The van der Waals surface area contributed by atoms with Crippen LogP contribution in [0.3, 0.4) is 0 Å². The summed E-state index contributed by atoms with van der Waals surface area (Å²) in [7, 11) is 1.62. The van der Waals surface area contributed by atoms with Crippen LogP contribution < -0.4 is 19.6 Å². The fourth-order valence-corrected chi connectivity index (χ4v) is 4.20. The molecule has 1 heterocycles. The number of ether oxygens (including phenoxy) is 3. The number of fused-ring (bicyclic) bond motifs is 1. The average Bonchev–Trinajstić information content (AvgIpc) is 3.29. The van der Waals surface area contributed by atoms with Gasteiger partial charge in [0, 0.05) is 0 Å². The molecule has 0 bridgehead atoms. The predicted molar refractivity (Wildman–Crippen MR) is 143 cm³/mol. The van der Waals surface area contributed by atoms with Crippen LogP contribution in [0.1, 0.15) is 31.3 Å². The molecule has 0 saturated carbocycles. The first-order valence-electron chi connectivity index (χ1n) is 11.4. The first-order valence-corrected chi connectivity index (χ1v) is 12.2. The Morgan fingerprint density at radius 1 is 1.06 bits per heavy atom. The van der Waals surface area contributed by atoms with Crippen molar-refractivity contribution in [3.05, 3.63) is 77.3 Å². The van der Waals surface area contributed by atoms with Crippen LogP contribution in [0.4, 0.5) is 5.69 Å². The minimum atomic E-state index is 0.0558. The maximum absolute atomic E-state index is 5.79. The summed E-state index contributed by atoms with van der Waals surface area (Å²) in [6, 6.07) is 21.3. The van der Waals surface area contributed by atoms with E-state index in [0.29, 0.717) is 23.9 Å². The Labute approximate surface area is 209 Å². The highest BCUT2D eigenvalue weighted by molar-refractivity contribution is 7.20. The van der Waals surface area contributed by atoms with Gasteiger partial charge in [-0.05, 0) is 80.9 Å². The number of aliphatic imine (C=N–C) groups is 1. The fourth-order valence-electron chi connectivity index (χ4n) is 3.29. The molecule has 180 valence electrons. The number of aromatic nitrogens is 1. The van der Waals surface area contributed by atoms with Gasteiger partial charge in [-0.2, -0.15) is 5.10 Å². The Kier molecular flexibility index (Phi) is 7.95. The summed E-state index contributed by atoms with van der Waals surface area (Å²) in [6.07, 6.45) is 1.77. The van der Waals surface area contributed by atoms with Crippen molar-refractivity contribution in [1.29, 1.82) is 0 Å². The molecule has 7 nitrogen and oxygen atoms in total. The summed E-state index contributed by atoms with van der Waals surface area (Å²) < 4.78 is 17.9. The molecule has 0 amide bonds. The highest BCUT2D eigenvalue weighted by Gasteiger charge is 2.11. The first kappa shape index (κ1) is 24.2. The molecule has 35 heavy (non-hydrogen) atoms. The molecule has 0 radical (unpaired) electrons. The Balaban J connectivity index is 1.61. The molecule has 4 aromatic rings. The third-order valence-corrected chi connectivity index (χ3v) is 5.86. The molecule has 0 aliphatic rings. The third-order valence-electron chi connectivity index (χ3n) is 4.82. The van der Waals surface area contributed by atoms with Crippen molar-refractivity contribution in [2.75, 3.05) is 13.7 Å². The number of hydrogen-bond donors (Lipinski definition) is 1. The van der Waals surface area contributed by atoms with Gasteiger partial charge in [0.05, 0.1) is 41.9 Å². The summed E-state index contributed by atoms with van der Waals surface area (Å²) in [4.78, 5) is 9.51. The quantitative estimate of drug-likeness (QED) is 0.173. The molecule has 0 spiro atoms. The zero-order chi connectivity index (χ0) is 24.6. The van der Waals surface area contributed by atoms with Crippen molar-refractivity contribution in [3.63, 3.8) is 0 Å². The van der Waals surface area contributed by atoms with Gasteiger partial charge in [-0.3, -0.25) is 5.43 Å². The van der Waals surface area contributed by atoms with Crippen molar-refractivity contribution < 1.29 is 14.2 Å². The van der Waals surface area contributed by atoms with Crippen molar-refractivity contribution in [2.45, 2.75) is 26.9 Å². The van der Waals surface area contributed by atoms with E-state index >= 15 is 0 Å². The average molecular weight is 489 g/mol. The van der Waals surface area contributed by atoms with Gasteiger partial charge in [0.15, 0.2) is 22.3 Å². The molecule has 1 N–H and O–H groups in total. The van der Waals surface area contributed by atoms with Gasteiger partial charge in [-0.1, -0.05) is 12.1 Å². The van der Waals surface area contributed by atoms with Gasteiger partial charge in [0.2, 0.25) is 0 Å². The molecule has 4 rings (SSSR count). The smallest absolute Gasteiger partial charge is 0.183 e. The van der Waals surface area contributed by atoms with E-state index in [2.05, 4.69) is 10.5 Å². The number of amidine groups is 1. The lowest BCUT2D eigenvalue weighted by atomic mass is 10.2. The number of benzene rings is 3. The van der Waals surface area contributed by atoms with Crippen molar-refractivity contribution in [3.8, 4) is 17.2 Å². The van der Waals surface area contributed by atoms with Crippen LogP contribution in [0.15, 0.2) is 76.8 Å². The molecule has 1 aromatic heterocycles. The van der Waals surface area contributed by atoms with Crippen molar-refractivity contribution >= 4 is 39.3 Å². The summed E-state index contributed by atoms with van der Waals surface area (Å²) in [6.45, 7) is 6.53. The van der Waals surface area contributed by atoms with E-state index in [4.69, 9.17) is 24.2 Å². The minimum absolute atomic E-state index is 0.0558. The maximum Gasteiger partial charge on any atom is 0.183 e. The lowest BCUT2D eigenvalue weighted by Gasteiger charge is -2.13. The first-order chi connectivity index (χ1) is 17.1. The number of thiazole rings is 1. The minimum Gasteiger partial charge on any atom is -0.494 e. The third kappa shape index (κ3) is 6.36. The lowest BCUT2D eigenvalue weighted by Crippen LogP contribution is -2.18. The van der Waals surface area contributed by atoms with Crippen LogP contribution in [-0.2, 0) is 0 Å². The van der Waals surface area contributed by atoms with Crippen molar-refractivity contribution in [1.82, 2.24) is 10.4 Å². The van der Waals surface area contributed by atoms with Gasteiger partial charge < -0.3 is 14.2 Å². The van der Waals surface area contributed by atoms with Gasteiger partial charge in [-0.25, -0.2) is 9.98 Å². The number of para-hydroxylation sites is 1. The zero-order valence-corrected chi connectivity index (χ0v) is 21.0. The van der Waals surface area contributed by atoms with Crippen LogP contribution >= 0.6 is 11.3 Å². The number of methoxy groups -OCH3 is 1. The van der Waals surface area contributed by atoms with Gasteiger partial charge >= 0.3 is 0 Å². The van der Waals surface area contributed by atoms with E-state index in [1.807, 2.05) is 87.5 Å². The van der Waals surface area contributed by atoms with Gasteiger partial charge in [0.25, 0.3) is 0 Å². The van der Waals surface area contributed by atoms with Gasteiger partial charge in [0.1, 0.15) is 5.75 Å². The molecule has 0 aliphatic heterocycles. The lowest BCUT2D eigenvalue weighted by molar-refractivity contribution is 0.230. The second-order valence-electron chi connectivity index (χ2n) is 7.82. The SMILES string of the molecule is CCOc1ccc(N=C(N/N=C/c2ccc(OC(C)C)c(OC)c2)c2nc3ccccc3s2)cc1. The molecule has 3 aromatic carbocycles. The number of rotatable bonds is 9. The van der Waals surface area contributed by atoms with Crippen LogP contribution in [0, 0.1) is 0 Å². The Morgan fingerprint density at radius 3 is 2.57 bits per heavy atom. The summed E-state index contributed by atoms with van der Waals surface area (Å²) in [5, 5.41) is 5.18. The number of nitrogens with one attached hydrogen (secondary N) is 1. The summed E-state index contributed by atoms with van der Waals surface area (Å²) in [5.41, 5.74) is 5.62. The second kappa shape index (κ2) is 11.5. The monoisotopic (exact) mass is 488 g/mol. The molecule has 0 aliphatic carbocycles. The largest absolute Gasteiger partial charge is 0.494 e. The molecule has 0 atom stereocenters. The van der Waals surface area contributed by atoms with Crippen LogP contribution in [0.5, 0.6) is 17.2 Å². The summed E-state index contributed by atoms with van der Waals surface area (Å²) >= 11 is 1.56. The van der Waals surface area contributed by atoms with Gasteiger partial charge in [-0.15, -0.1) is 11.3 Å². The fraction of sp³-hybridized carbons (Fsp3) is 0.222. The van der Waals surface area contributed by atoms with E-state index in [9.17, 15) is 0 Å². The van der Waals surface area contributed by atoms with E-state index in [0.717, 1.165) is 32.2 Å². The Hall–Kier alpha value is -3.91. The Morgan fingerprint density at radius 2 is 1.86 bits per heavy atom. The summed E-state index contributed by atoms with van der Waals surface area (Å²) in [5.74, 6) is 2.70. The highest BCUT2D eigenvalue weighted by atomic mass is 32.1. The number of nitrogens with zero attached hydrogens (tertiary/aromatic N) is 3. The van der Waals surface area contributed by atoms with Crippen LogP contribution in [-0.4, -0.2) is 36.9 Å². The normalized spacial score (nSPS) is 11.9. The number of hydrazone groups is 1. The molecular formula is C27H28N4O3S. The second-order valence-corrected chi connectivity index (χ2v) is 8.85. The molecule has 8 heteroatoms.